The van der Waals surface area contributed by atoms with Crippen LogP contribution in [0.2, 0.25) is 0 Å². The van der Waals surface area contributed by atoms with Gasteiger partial charge in [0.25, 0.3) is 5.56 Å². The van der Waals surface area contributed by atoms with Crippen molar-refractivity contribution >= 4 is 22.0 Å². The van der Waals surface area contributed by atoms with Crippen molar-refractivity contribution in [1.29, 1.82) is 0 Å². The van der Waals surface area contributed by atoms with Crippen molar-refractivity contribution in [2.45, 2.75) is 12.5 Å². The Morgan fingerprint density at radius 1 is 1.56 bits per heavy atom. The monoisotopic (exact) mass is 312 g/mol. The van der Waals surface area contributed by atoms with E-state index in [-0.39, 0.29) is 18.6 Å². The molecule has 0 spiro atoms. The number of aromatic amines is 1. The van der Waals surface area contributed by atoms with Crippen LogP contribution in [0.4, 0.5) is 0 Å². The van der Waals surface area contributed by atoms with Gasteiger partial charge in [0.1, 0.15) is 0 Å². The summed E-state index contributed by atoms with van der Waals surface area (Å²) in [5.41, 5.74) is -0.486. The molecule has 0 fully saturated rings. The molecule has 96 valence electrons. The first-order valence-corrected chi connectivity index (χ1v) is 6.48. The third-order valence-corrected chi connectivity index (χ3v) is 3.31. The Labute approximate surface area is 112 Å². The predicted molar refractivity (Wildman–Crippen MR) is 72.7 cm³/mol. The van der Waals surface area contributed by atoms with E-state index < -0.39 is 11.2 Å². The van der Waals surface area contributed by atoms with Crippen LogP contribution in [0, 0.1) is 5.92 Å². The first-order valence-electron chi connectivity index (χ1n) is 5.57. The van der Waals surface area contributed by atoms with E-state index in [1.807, 2.05) is 12.2 Å². The molecule has 1 aromatic heterocycles. The highest BCUT2D eigenvalue weighted by molar-refractivity contribution is 9.11. The number of aliphatic hydroxyl groups is 1. The Bertz CT molecular complexity index is 600. The number of nitrogens with zero attached hydrogens (tertiary/aromatic N) is 1. The first kappa shape index (κ1) is 13.0. The number of hydrogen-bond acceptors (Lipinski definition) is 3. The molecule has 0 unspecified atom stereocenters. The van der Waals surface area contributed by atoms with Crippen LogP contribution >= 0.6 is 15.9 Å². The Morgan fingerprint density at radius 3 is 3.00 bits per heavy atom. The maximum Gasteiger partial charge on any atom is 0.328 e. The fourth-order valence-corrected chi connectivity index (χ4v) is 2.39. The normalized spacial score (nSPS) is 23.0. The van der Waals surface area contributed by atoms with E-state index in [1.54, 1.807) is 11.1 Å². The number of allylic oxidation sites excluding steroid dienone is 2. The number of halogens is 1. The van der Waals surface area contributed by atoms with Crippen molar-refractivity contribution in [3.05, 3.63) is 49.7 Å². The molecule has 0 aliphatic heterocycles. The first-order chi connectivity index (χ1) is 8.67. The number of rotatable bonds is 3. The SMILES string of the molecule is O=c1[nH]c(=O)n([C@@H]2C=CC[C@@H]2CO)cc1/C=C/Br. The van der Waals surface area contributed by atoms with Crippen LogP contribution in [-0.2, 0) is 0 Å². The van der Waals surface area contributed by atoms with E-state index in [4.69, 9.17) is 0 Å². The lowest BCUT2D eigenvalue weighted by Crippen LogP contribution is -2.34. The second-order valence-electron chi connectivity index (χ2n) is 4.14. The molecule has 1 aliphatic carbocycles. The van der Waals surface area contributed by atoms with E-state index in [0.29, 0.717) is 5.56 Å². The summed E-state index contributed by atoms with van der Waals surface area (Å²) in [4.78, 5) is 27.2. The van der Waals surface area contributed by atoms with Gasteiger partial charge in [-0.3, -0.25) is 14.3 Å². The third-order valence-electron chi connectivity index (χ3n) is 3.05. The van der Waals surface area contributed by atoms with Crippen molar-refractivity contribution in [1.82, 2.24) is 9.55 Å². The molecule has 1 aromatic rings. The van der Waals surface area contributed by atoms with Crippen molar-refractivity contribution in [3.8, 4) is 0 Å². The summed E-state index contributed by atoms with van der Waals surface area (Å²) in [5.74, 6) is -0.0191. The van der Waals surface area contributed by atoms with Gasteiger partial charge in [-0.15, -0.1) is 0 Å². The van der Waals surface area contributed by atoms with Gasteiger partial charge in [0.15, 0.2) is 0 Å². The van der Waals surface area contributed by atoms with E-state index >= 15 is 0 Å². The van der Waals surface area contributed by atoms with Gasteiger partial charge in [-0.05, 0) is 17.5 Å². The van der Waals surface area contributed by atoms with E-state index in [2.05, 4.69) is 20.9 Å². The molecule has 2 N–H and O–H groups in total. The lowest BCUT2D eigenvalue weighted by atomic mass is 10.0. The van der Waals surface area contributed by atoms with Crippen LogP contribution < -0.4 is 11.2 Å². The van der Waals surface area contributed by atoms with Crippen LogP contribution in [-0.4, -0.2) is 21.3 Å². The highest BCUT2D eigenvalue weighted by Gasteiger charge is 2.24. The highest BCUT2D eigenvalue weighted by atomic mass is 79.9. The smallest absolute Gasteiger partial charge is 0.328 e. The van der Waals surface area contributed by atoms with Gasteiger partial charge in [0.05, 0.1) is 11.6 Å². The van der Waals surface area contributed by atoms with Gasteiger partial charge >= 0.3 is 5.69 Å². The zero-order chi connectivity index (χ0) is 13.1. The Kier molecular flexibility index (Phi) is 3.98. The molecule has 6 heteroatoms. The lowest BCUT2D eigenvalue weighted by Gasteiger charge is -2.19. The Balaban J connectivity index is 2.51. The fourth-order valence-electron chi connectivity index (χ4n) is 2.10. The van der Waals surface area contributed by atoms with Gasteiger partial charge in [-0.2, -0.15) is 0 Å². The fraction of sp³-hybridized carbons (Fsp3) is 0.333. The molecule has 0 aromatic carbocycles. The molecule has 0 saturated heterocycles. The van der Waals surface area contributed by atoms with Crippen LogP contribution in [0.3, 0.4) is 0 Å². The third kappa shape index (κ3) is 2.39. The zero-order valence-electron chi connectivity index (χ0n) is 9.54. The Morgan fingerprint density at radius 2 is 2.33 bits per heavy atom. The quantitative estimate of drug-likeness (QED) is 0.818. The van der Waals surface area contributed by atoms with Crippen molar-refractivity contribution in [2.24, 2.45) is 5.92 Å². The minimum Gasteiger partial charge on any atom is -0.396 e. The summed E-state index contributed by atoms with van der Waals surface area (Å²) in [7, 11) is 0. The van der Waals surface area contributed by atoms with E-state index in [9.17, 15) is 14.7 Å². The summed E-state index contributed by atoms with van der Waals surface area (Å²) >= 11 is 3.10. The van der Waals surface area contributed by atoms with Gasteiger partial charge in [0.2, 0.25) is 0 Å². The molecule has 2 rings (SSSR count). The molecule has 18 heavy (non-hydrogen) atoms. The molecule has 0 bridgehead atoms. The van der Waals surface area contributed by atoms with E-state index in [0.717, 1.165) is 6.42 Å². The molecule has 0 amide bonds. The Hall–Kier alpha value is -1.40. The topological polar surface area (TPSA) is 75.1 Å². The molecule has 0 saturated carbocycles. The summed E-state index contributed by atoms with van der Waals surface area (Å²) in [6.07, 6.45) is 7.63. The van der Waals surface area contributed by atoms with Crippen molar-refractivity contribution in [2.75, 3.05) is 6.61 Å². The van der Waals surface area contributed by atoms with Crippen LogP contribution in [0.5, 0.6) is 0 Å². The van der Waals surface area contributed by atoms with Crippen LogP contribution in [0.1, 0.15) is 18.0 Å². The molecule has 0 radical (unpaired) electrons. The average molecular weight is 313 g/mol. The van der Waals surface area contributed by atoms with Gasteiger partial charge in [-0.25, -0.2) is 4.79 Å². The summed E-state index contributed by atoms with van der Waals surface area (Å²) in [6.45, 7) is 0.00680. The van der Waals surface area contributed by atoms with Crippen molar-refractivity contribution in [3.63, 3.8) is 0 Å². The maximum absolute atomic E-state index is 11.8. The van der Waals surface area contributed by atoms with Gasteiger partial charge in [-0.1, -0.05) is 28.1 Å². The summed E-state index contributed by atoms with van der Waals surface area (Å²) in [5, 5.41) is 9.27. The average Bonchev–Trinajstić information content (AvgIpc) is 2.80. The molecular formula is C12H13BrN2O3. The standard InChI is InChI=1S/C12H13BrN2O3/c13-5-4-8-6-15(12(18)14-11(8)17)10-3-1-2-9(10)7-16/h1,3-6,9-10,16H,2,7H2,(H,14,17,18)/b5-4+/t9-,10-/m1/s1. The number of nitrogens with one attached hydrogen (secondary N) is 1. The second kappa shape index (κ2) is 5.49. The minimum atomic E-state index is -0.457. The number of H-pyrrole nitrogens is 1. The number of aromatic nitrogens is 2. The minimum absolute atomic E-state index is 0.00680. The van der Waals surface area contributed by atoms with Crippen molar-refractivity contribution < 1.29 is 5.11 Å². The largest absolute Gasteiger partial charge is 0.396 e. The summed E-state index contributed by atoms with van der Waals surface area (Å²) < 4.78 is 1.45. The van der Waals surface area contributed by atoms with Gasteiger partial charge < -0.3 is 5.11 Å². The number of hydrogen-bond donors (Lipinski definition) is 2. The number of aliphatic hydroxyl groups excluding tert-OH is 1. The molecular weight excluding hydrogens is 300 g/mol. The van der Waals surface area contributed by atoms with Crippen LogP contribution in [0.25, 0.3) is 6.08 Å². The second-order valence-corrected chi connectivity index (χ2v) is 4.67. The lowest BCUT2D eigenvalue weighted by molar-refractivity contribution is 0.202. The van der Waals surface area contributed by atoms with E-state index in [1.165, 1.54) is 10.8 Å². The highest BCUT2D eigenvalue weighted by Crippen LogP contribution is 2.27. The predicted octanol–water partition coefficient (Wildman–Crippen LogP) is 1.01. The molecule has 1 heterocycles. The molecule has 5 nitrogen and oxygen atoms in total. The maximum atomic E-state index is 11.8. The van der Waals surface area contributed by atoms with Crippen LogP contribution in [0.15, 0.2) is 32.9 Å². The molecule has 2 atom stereocenters. The summed E-state index contributed by atoms with van der Waals surface area (Å²) in [6, 6.07) is -0.207. The zero-order valence-corrected chi connectivity index (χ0v) is 11.1. The molecule has 1 aliphatic rings. The van der Waals surface area contributed by atoms with Gasteiger partial charge in [0, 0.05) is 18.7 Å².